The van der Waals surface area contributed by atoms with Gasteiger partial charge in [0.15, 0.2) is 5.11 Å². The molecule has 22 heavy (non-hydrogen) atoms. The Hall–Kier alpha value is -2.22. The van der Waals surface area contributed by atoms with E-state index in [2.05, 4.69) is 15.4 Å². The van der Waals surface area contributed by atoms with Crippen molar-refractivity contribution in [3.05, 3.63) is 41.1 Å². The first-order valence-electron chi connectivity index (χ1n) is 6.34. The number of hydrogen-bond donors (Lipinski definition) is 2. The molecule has 8 heteroatoms. The molecule has 0 bridgehead atoms. The first-order valence-corrected chi connectivity index (χ1v) is 6.75. The third-order valence-electron chi connectivity index (χ3n) is 3.12. The maximum atomic E-state index is 12.6. The van der Waals surface area contributed by atoms with Gasteiger partial charge in [-0.15, -0.1) is 0 Å². The summed E-state index contributed by atoms with van der Waals surface area (Å²) in [7, 11) is 1.24. The fourth-order valence-corrected chi connectivity index (χ4v) is 2.50. The molecule has 0 saturated heterocycles. The Morgan fingerprint density at radius 2 is 2.05 bits per heavy atom. The summed E-state index contributed by atoms with van der Waals surface area (Å²) in [4.78, 5) is 12.0. The predicted molar refractivity (Wildman–Crippen MR) is 79.4 cm³/mol. The molecule has 0 fully saturated rings. The highest BCUT2D eigenvalue weighted by Gasteiger charge is 2.32. The monoisotopic (exact) mass is 328 g/mol. The van der Waals surface area contributed by atoms with Crippen molar-refractivity contribution >= 4 is 23.3 Å². The van der Waals surface area contributed by atoms with Gasteiger partial charge in [-0.25, -0.2) is 4.79 Å². The van der Waals surface area contributed by atoms with Gasteiger partial charge in [0.25, 0.3) is 0 Å². The van der Waals surface area contributed by atoms with Crippen molar-refractivity contribution in [2.75, 3.05) is 7.11 Å². The highest BCUT2D eigenvalue weighted by Crippen LogP contribution is 2.34. The van der Waals surface area contributed by atoms with Crippen LogP contribution in [0.15, 0.2) is 35.5 Å². The number of para-hydroxylation sites is 1. The van der Waals surface area contributed by atoms with Crippen molar-refractivity contribution in [3.8, 4) is 5.75 Å². The summed E-state index contributed by atoms with van der Waals surface area (Å²) in [6.45, 7) is -1.32. The van der Waals surface area contributed by atoms with E-state index >= 15 is 0 Å². The van der Waals surface area contributed by atoms with Crippen LogP contribution in [-0.4, -0.2) is 24.8 Å². The molecule has 5 nitrogen and oxygen atoms in total. The van der Waals surface area contributed by atoms with Crippen LogP contribution in [0.2, 0.25) is 0 Å². The Morgan fingerprint density at radius 3 is 2.68 bits per heavy atom. The average Bonchev–Trinajstić information content (AvgIpc) is 2.45. The largest absolute Gasteiger partial charge is 0.466 e. The number of halogens is 2. The molecule has 118 valence electrons. The molecule has 0 aromatic heterocycles. The summed E-state index contributed by atoms with van der Waals surface area (Å²) in [5, 5.41) is 5.97. The van der Waals surface area contributed by atoms with Crippen molar-refractivity contribution < 1.29 is 23.0 Å². The summed E-state index contributed by atoms with van der Waals surface area (Å²) < 4.78 is 34.4. The van der Waals surface area contributed by atoms with Gasteiger partial charge in [0.2, 0.25) is 0 Å². The quantitative estimate of drug-likeness (QED) is 0.653. The zero-order valence-corrected chi connectivity index (χ0v) is 12.7. The molecule has 0 radical (unpaired) electrons. The molecule has 1 atom stereocenters. The summed E-state index contributed by atoms with van der Waals surface area (Å²) in [5.74, 6) is -0.620. The van der Waals surface area contributed by atoms with Crippen LogP contribution < -0.4 is 15.4 Å². The highest BCUT2D eigenvalue weighted by molar-refractivity contribution is 7.80. The highest BCUT2D eigenvalue weighted by atomic mass is 32.1. The first kappa shape index (κ1) is 16.2. The van der Waals surface area contributed by atoms with Crippen LogP contribution >= 0.6 is 12.2 Å². The minimum atomic E-state index is -2.97. The Bertz CT molecular complexity index is 634. The molecule has 0 amide bonds. The van der Waals surface area contributed by atoms with Crippen LogP contribution in [0.1, 0.15) is 18.5 Å². The van der Waals surface area contributed by atoms with E-state index in [1.165, 1.54) is 13.2 Å². The Balaban J connectivity index is 2.51. The zero-order valence-electron chi connectivity index (χ0n) is 11.9. The number of esters is 1. The van der Waals surface area contributed by atoms with Crippen molar-refractivity contribution in [3.63, 3.8) is 0 Å². The lowest BCUT2D eigenvalue weighted by molar-refractivity contribution is -0.136. The fourth-order valence-electron chi connectivity index (χ4n) is 2.23. The van der Waals surface area contributed by atoms with Crippen LogP contribution in [0.3, 0.4) is 0 Å². The van der Waals surface area contributed by atoms with Crippen LogP contribution in [-0.2, 0) is 9.53 Å². The average molecular weight is 328 g/mol. The minimum Gasteiger partial charge on any atom is -0.466 e. The molecule has 1 aliphatic rings. The van der Waals surface area contributed by atoms with Gasteiger partial charge >= 0.3 is 12.6 Å². The summed E-state index contributed by atoms with van der Waals surface area (Å²) >= 11 is 5.07. The van der Waals surface area contributed by atoms with E-state index in [1.54, 1.807) is 25.1 Å². The van der Waals surface area contributed by atoms with Gasteiger partial charge in [-0.1, -0.05) is 18.2 Å². The smallest absolute Gasteiger partial charge is 0.387 e. The number of rotatable bonds is 4. The van der Waals surface area contributed by atoms with Crippen molar-refractivity contribution in [2.45, 2.75) is 19.6 Å². The van der Waals surface area contributed by atoms with Crippen LogP contribution in [0.5, 0.6) is 5.75 Å². The number of alkyl halides is 2. The van der Waals surface area contributed by atoms with Crippen LogP contribution in [0, 0.1) is 0 Å². The van der Waals surface area contributed by atoms with Gasteiger partial charge in [0, 0.05) is 11.3 Å². The van der Waals surface area contributed by atoms with E-state index in [0.29, 0.717) is 11.3 Å². The van der Waals surface area contributed by atoms with Crippen LogP contribution in [0.4, 0.5) is 8.78 Å². The van der Waals surface area contributed by atoms with Gasteiger partial charge in [0.1, 0.15) is 5.75 Å². The fraction of sp³-hybridized carbons (Fsp3) is 0.286. The number of carbonyl (C=O) groups is 1. The summed E-state index contributed by atoms with van der Waals surface area (Å²) in [6, 6.07) is 5.47. The second-order valence-corrected chi connectivity index (χ2v) is 4.89. The van der Waals surface area contributed by atoms with Crippen molar-refractivity contribution in [2.24, 2.45) is 0 Å². The molecule has 2 N–H and O–H groups in total. The number of carbonyl (C=O) groups excluding carboxylic acids is 1. The Labute approximate surface area is 131 Å². The summed E-state index contributed by atoms with van der Waals surface area (Å²) in [5.41, 5.74) is 1.11. The van der Waals surface area contributed by atoms with E-state index in [-0.39, 0.29) is 16.4 Å². The molecule has 2 rings (SSSR count). The minimum absolute atomic E-state index is 0.0334. The number of ether oxygens (including phenoxy) is 2. The third kappa shape index (κ3) is 3.33. The zero-order chi connectivity index (χ0) is 16.3. The van der Waals surface area contributed by atoms with E-state index < -0.39 is 18.6 Å². The topological polar surface area (TPSA) is 59.6 Å². The van der Waals surface area contributed by atoms with Crippen molar-refractivity contribution in [1.29, 1.82) is 0 Å². The van der Waals surface area contributed by atoms with Crippen LogP contribution in [0.25, 0.3) is 0 Å². The van der Waals surface area contributed by atoms with E-state index in [4.69, 9.17) is 17.0 Å². The normalized spacial score (nSPS) is 17.9. The molecule has 1 aromatic rings. The number of allylic oxidation sites excluding steroid dienone is 1. The van der Waals surface area contributed by atoms with E-state index in [1.807, 2.05) is 0 Å². The molecular formula is C14H14F2N2O3S. The van der Waals surface area contributed by atoms with Gasteiger partial charge in [-0.05, 0) is 25.2 Å². The van der Waals surface area contributed by atoms with Gasteiger partial charge in [-0.3, -0.25) is 0 Å². The molecule has 1 aliphatic heterocycles. The number of methoxy groups -OCH3 is 1. The van der Waals surface area contributed by atoms with Gasteiger partial charge < -0.3 is 20.1 Å². The molecule has 1 aromatic carbocycles. The van der Waals surface area contributed by atoms with Gasteiger partial charge in [-0.2, -0.15) is 8.78 Å². The lowest BCUT2D eigenvalue weighted by atomic mass is 9.95. The Kier molecular flexibility index (Phi) is 4.92. The Morgan fingerprint density at radius 1 is 1.36 bits per heavy atom. The van der Waals surface area contributed by atoms with Crippen molar-refractivity contribution in [1.82, 2.24) is 10.6 Å². The van der Waals surface area contributed by atoms with E-state index in [9.17, 15) is 13.6 Å². The first-order chi connectivity index (χ1) is 10.4. The maximum absolute atomic E-state index is 12.6. The van der Waals surface area contributed by atoms with E-state index in [0.717, 1.165) is 0 Å². The maximum Gasteiger partial charge on any atom is 0.387 e. The molecule has 0 aliphatic carbocycles. The standard InChI is InChI=1S/C14H14F2N2O3S/c1-7-10(12(19)20-2)11(18-14(22)17-7)8-5-3-4-6-9(8)21-13(15)16/h3-6,11,13H,1-2H3,(H2,17,18,22)/t11-/m1/s1. The number of thiocarbonyl (C=S) groups is 1. The molecular weight excluding hydrogens is 314 g/mol. The number of nitrogens with one attached hydrogen (secondary N) is 2. The predicted octanol–water partition coefficient (Wildman–Crippen LogP) is 2.25. The van der Waals surface area contributed by atoms with Gasteiger partial charge in [0.05, 0.1) is 18.7 Å². The third-order valence-corrected chi connectivity index (χ3v) is 3.34. The molecule has 1 heterocycles. The number of hydrogen-bond acceptors (Lipinski definition) is 4. The lowest BCUT2D eigenvalue weighted by Crippen LogP contribution is -2.45. The number of benzene rings is 1. The lowest BCUT2D eigenvalue weighted by Gasteiger charge is -2.30. The molecule has 0 unspecified atom stereocenters. The SMILES string of the molecule is COC(=O)C1=C(C)NC(=S)N[C@@H]1c1ccccc1OC(F)F. The second kappa shape index (κ2) is 6.69. The summed E-state index contributed by atoms with van der Waals surface area (Å²) in [6.07, 6.45) is 0. The second-order valence-electron chi connectivity index (χ2n) is 4.48. The molecule has 0 saturated carbocycles. The molecule has 0 spiro atoms.